The summed E-state index contributed by atoms with van der Waals surface area (Å²) in [5.74, 6) is -2.23. The van der Waals surface area contributed by atoms with Gasteiger partial charge in [-0.1, -0.05) is 24.3 Å². The summed E-state index contributed by atoms with van der Waals surface area (Å²) in [4.78, 5) is 24.0. The quantitative estimate of drug-likeness (QED) is 0.321. The van der Waals surface area contributed by atoms with Crippen LogP contribution in [-0.4, -0.2) is 30.7 Å². The van der Waals surface area contributed by atoms with Crippen molar-refractivity contribution in [2.45, 2.75) is 13.5 Å². The third-order valence-electron chi connectivity index (χ3n) is 3.91. The van der Waals surface area contributed by atoms with Gasteiger partial charge in [0, 0.05) is 12.1 Å². The molecular weight excluding hydrogens is 379 g/mol. The number of carbonyl (C=O) groups excluding carboxylic acids is 2. The van der Waals surface area contributed by atoms with E-state index in [1.807, 2.05) is 0 Å². The van der Waals surface area contributed by atoms with Crippen molar-refractivity contribution in [3.8, 4) is 11.8 Å². The molecule has 0 aromatic heterocycles. The topological polar surface area (TPSA) is 109 Å². The first-order chi connectivity index (χ1) is 13.9. The molecule has 0 spiro atoms. The molecule has 2 rings (SSSR count). The Bertz CT molecular complexity index is 978. The number of carbonyl (C=O) groups is 2. The van der Waals surface area contributed by atoms with Crippen molar-refractivity contribution < 1.29 is 28.6 Å². The number of rotatable bonds is 7. The number of ether oxygens (including phenoxy) is 2. The highest BCUT2D eigenvalue weighted by atomic mass is 19.1. The second-order valence-corrected chi connectivity index (χ2v) is 5.78. The van der Waals surface area contributed by atoms with Gasteiger partial charge in [-0.25, -0.2) is 9.18 Å². The fraction of sp³-hybridized carbons (Fsp3) is 0.190. The van der Waals surface area contributed by atoms with E-state index in [1.165, 1.54) is 31.4 Å². The van der Waals surface area contributed by atoms with Crippen LogP contribution in [0, 0.1) is 17.1 Å². The molecule has 0 radical (unpaired) electrons. The number of halogens is 1. The van der Waals surface area contributed by atoms with Gasteiger partial charge in [-0.2, -0.15) is 5.26 Å². The molecule has 0 aliphatic rings. The molecule has 0 unspecified atom stereocenters. The first-order valence-corrected chi connectivity index (χ1v) is 8.62. The van der Waals surface area contributed by atoms with E-state index in [0.717, 1.165) is 6.07 Å². The summed E-state index contributed by atoms with van der Waals surface area (Å²) in [6.45, 7) is 1.80. The van der Waals surface area contributed by atoms with Crippen LogP contribution in [0.5, 0.6) is 5.75 Å². The zero-order valence-corrected chi connectivity index (χ0v) is 15.9. The van der Waals surface area contributed by atoms with E-state index in [4.69, 9.17) is 14.7 Å². The SMILES string of the molecule is CCOC(=O)/C(C#N)=C(\O)c1ccc(CNC(=O)c2cc(F)ccc2OC)cc1. The van der Waals surface area contributed by atoms with Crippen LogP contribution >= 0.6 is 0 Å². The predicted octanol–water partition coefficient (Wildman–Crippen LogP) is 3.12. The maximum atomic E-state index is 13.4. The summed E-state index contributed by atoms with van der Waals surface area (Å²) in [6, 6.07) is 11.5. The van der Waals surface area contributed by atoms with E-state index >= 15 is 0 Å². The first kappa shape index (κ1) is 21.4. The van der Waals surface area contributed by atoms with Crippen LogP contribution < -0.4 is 10.1 Å². The molecule has 29 heavy (non-hydrogen) atoms. The first-order valence-electron chi connectivity index (χ1n) is 8.62. The van der Waals surface area contributed by atoms with Crippen molar-refractivity contribution in [3.63, 3.8) is 0 Å². The maximum Gasteiger partial charge on any atom is 0.352 e. The average molecular weight is 398 g/mol. The number of hydrogen-bond donors (Lipinski definition) is 2. The highest BCUT2D eigenvalue weighted by Crippen LogP contribution is 2.20. The fourth-order valence-electron chi connectivity index (χ4n) is 2.46. The summed E-state index contributed by atoms with van der Waals surface area (Å²) >= 11 is 0. The summed E-state index contributed by atoms with van der Waals surface area (Å²) in [5.41, 5.74) is 0.500. The summed E-state index contributed by atoms with van der Waals surface area (Å²) < 4.78 is 23.2. The van der Waals surface area contributed by atoms with Gasteiger partial charge < -0.3 is 19.9 Å². The molecule has 150 valence electrons. The number of amides is 1. The minimum Gasteiger partial charge on any atom is -0.506 e. The number of hydrogen-bond acceptors (Lipinski definition) is 6. The Morgan fingerprint density at radius 3 is 2.48 bits per heavy atom. The standard InChI is InChI=1S/C21H19FN2O5/c1-3-29-21(27)17(11-23)19(25)14-6-4-13(5-7-14)12-24-20(26)16-10-15(22)8-9-18(16)28-2/h4-10,25H,3,12H2,1-2H3,(H,24,26)/b19-17-. The van der Waals surface area contributed by atoms with Gasteiger partial charge in [-0.05, 0) is 30.7 Å². The second kappa shape index (κ2) is 9.90. The highest BCUT2D eigenvalue weighted by Gasteiger charge is 2.18. The van der Waals surface area contributed by atoms with Gasteiger partial charge in [-0.15, -0.1) is 0 Å². The average Bonchev–Trinajstić information content (AvgIpc) is 2.73. The third kappa shape index (κ3) is 5.32. The molecule has 0 aliphatic carbocycles. The monoisotopic (exact) mass is 398 g/mol. The molecule has 0 saturated heterocycles. The van der Waals surface area contributed by atoms with Gasteiger partial charge in [0.1, 0.15) is 23.4 Å². The van der Waals surface area contributed by atoms with E-state index in [2.05, 4.69) is 5.32 Å². The van der Waals surface area contributed by atoms with E-state index in [1.54, 1.807) is 25.1 Å². The number of nitrogens with zero attached hydrogens (tertiary/aromatic N) is 1. The van der Waals surface area contributed by atoms with Crippen molar-refractivity contribution in [3.05, 3.63) is 70.5 Å². The number of esters is 1. The number of aliphatic hydroxyl groups excluding tert-OH is 1. The second-order valence-electron chi connectivity index (χ2n) is 5.78. The Morgan fingerprint density at radius 2 is 1.90 bits per heavy atom. The molecule has 0 bridgehead atoms. The Balaban J connectivity index is 2.12. The largest absolute Gasteiger partial charge is 0.506 e. The fourth-order valence-corrected chi connectivity index (χ4v) is 2.46. The van der Waals surface area contributed by atoms with Gasteiger partial charge in [0.25, 0.3) is 5.91 Å². The van der Waals surface area contributed by atoms with E-state index in [0.29, 0.717) is 5.56 Å². The Kier molecular flexibility index (Phi) is 7.32. The molecule has 2 aromatic rings. The third-order valence-corrected chi connectivity index (χ3v) is 3.91. The molecule has 2 N–H and O–H groups in total. The molecule has 0 fully saturated rings. The zero-order valence-electron chi connectivity index (χ0n) is 15.9. The molecule has 2 aromatic carbocycles. The lowest BCUT2D eigenvalue weighted by atomic mass is 10.1. The van der Waals surface area contributed by atoms with E-state index in [-0.39, 0.29) is 30.0 Å². The van der Waals surface area contributed by atoms with Gasteiger partial charge in [0.05, 0.1) is 19.3 Å². The molecule has 0 atom stereocenters. The number of aliphatic hydroxyl groups is 1. The number of benzene rings is 2. The van der Waals surface area contributed by atoms with Crippen LogP contribution in [0.15, 0.2) is 48.0 Å². The molecule has 7 nitrogen and oxygen atoms in total. The summed E-state index contributed by atoms with van der Waals surface area (Å²) in [7, 11) is 1.38. The number of methoxy groups -OCH3 is 1. The van der Waals surface area contributed by atoms with Crippen LogP contribution in [0.25, 0.3) is 5.76 Å². The zero-order chi connectivity index (χ0) is 21.4. The van der Waals surface area contributed by atoms with Crippen LogP contribution in [0.3, 0.4) is 0 Å². The van der Waals surface area contributed by atoms with Crippen molar-refractivity contribution in [1.29, 1.82) is 5.26 Å². The number of nitriles is 1. The molecule has 1 amide bonds. The minimum atomic E-state index is -0.909. The van der Waals surface area contributed by atoms with Crippen LogP contribution in [0.2, 0.25) is 0 Å². The van der Waals surface area contributed by atoms with Crippen molar-refractivity contribution in [2.24, 2.45) is 0 Å². The lowest BCUT2D eigenvalue weighted by Gasteiger charge is -2.10. The Labute approximate surface area is 167 Å². The van der Waals surface area contributed by atoms with Crippen LogP contribution in [0.4, 0.5) is 4.39 Å². The molecule has 8 heteroatoms. The Hall–Kier alpha value is -3.86. The maximum absolute atomic E-state index is 13.4. The van der Waals surface area contributed by atoms with Gasteiger partial charge in [-0.3, -0.25) is 4.79 Å². The predicted molar refractivity (Wildman–Crippen MR) is 102 cm³/mol. The van der Waals surface area contributed by atoms with Crippen molar-refractivity contribution in [1.82, 2.24) is 5.32 Å². The van der Waals surface area contributed by atoms with E-state index < -0.39 is 29.0 Å². The smallest absolute Gasteiger partial charge is 0.352 e. The van der Waals surface area contributed by atoms with Gasteiger partial charge in [0.2, 0.25) is 0 Å². The van der Waals surface area contributed by atoms with Gasteiger partial charge >= 0.3 is 5.97 Å². The van der Waals surface area contributed by atoms with Crippen LogP contribution in [-0.2, 0) is 16.1 Å². The Morgan fingerprint density at radius 1 is 1.21 bits per heavy atom. The summed E-state index contributed by atoms with van der Waals surface area (Å²) in [6.07, 6.45) is 0. The summed E-state index contributed by atoms with van der Waals surface area (Å²) in [5, 5.41) is 21.9. The number of nitrogens with one attached hydrogen (secondary N) is 1. The van der Waals surface area contributed by atoms with E-state index in [9.17, 15) is 19.1 Å². The lowest BCUT2D eigenvalue weighted by Crippen LogP contribution is -2.23. The van der Waals surface area contributed by atoms with Crippen molar-refractivity contribution in [2.75, 3.05) is 13.7 Å². The normalized spacial score (nSPS) is 11.1. The lowest BCUT2D eigenvalue weighted by molar-refractivity contribution is -0.138. The van der Waals surface area contributed by atoms with Gasteiger partial charge in [0.15, 0.2) is 5.57 Å². The minimum absolute atomic E-state index is 0.0674. The molecule has 0 aliphatic heterocycles. The van der Waals surface area contributed by atoms with Crippen LogP contribution in [0.1, 0.15) is 28.4 Å². The molecular formula is C21H19FN2O5. The molecule has 0 heterocycles. The molecule has 0 saturated carbocycles. The van der Waals surface area contributed by atoms with Crippen molar-refractivity contribution >= 4 is 17.6 Å². The highest BCUT2D eigenvalue weighted by molar-refractivity contribution is 6.00.